The number of hydrogen-bond donors (Lipinski definition) is 6. The second kappa shape index (κ2) is 19.9. The quantitative estimate of drug-likeness (QED) is 0.0498. The van der Waals surface area contributed by atoms with Gasteiger partial charge in [-0.3, -0.25) is 4.79 Å². The fourth-order valence-electron chi connectivity index (χ4n) is 5.70. The number of aliphatic hydroxyl groups excluding tert-OH is 4. The third-order valence-electron chi connectivity index (χ3n) is 8.52. The van der Waals surface area contributed by atoms with Crippen LogP contribution in [0.5, 0.6) is 0 Å². The predicted octanol–water partition coefficient (Wildman–Crippen LogP) is 3.17. The first-order chi connectivity index (χ1) is 22.6. The van der Waals surface area contributed by atoms with E-state index in [1.54, 1.807) is 30.5 Å². The van der Waals surface area contributed by atoms with Gasteiger partial charge < -0.3 is 45.6 Å². The van der Waals surface area contributed by atoms with Crippen LogP contribution in [0.15, 0.2) is 42.6 Å². The molecule has 1 aliphatic rings. The average molecular weight is 663 g/mol. The molecule has 264 valence electrons. The fourth-order valence-corrected chi connectivity index (χ4v) is 5.70. The molecule has 0 spiro atoms. The molecular formula is C35H54N2O10. The summed E-state index contributed by atoms with van der Waals surface area (Å²) >= 11 is 0. The van der Waals surface area contributed by atoms with Gasteiger partial charge in [-0.05, 0) is 43.7 Å². The number of esters is 1. The zero-order valence-corrected chi connectivity index (χ0v) is 27.5. The second-order valence-corrected chi connectivity index (χ2v) is 12.4. The lowest BCUT2D eigenvalue weighted by atomic mass is 9.98. The Morgan fingerprint density at radius 1 is 0.957 bits per heavy atom. The molecular weight excluding hydrogens is 608 g/mol. The molecule has 12 heteroatoms. The highest BCUT2D eigenvalue weighted by Crippen LogP contribution is 2.30. The normalized spacial score (nSPS) is 23.7. The molecule has 0 radical (unpaired) electrons. The molecule has 1 saturated heterocycles. The van der Waals surface area contributed by atoms with Crippen LogP contribution in [0.25, 0.3) is 10.9 Å². The van der Waals surface area contributed by atoms with E-state index >= 15 is 0 Å². The van der Waals surface area contributed by atoms with Gasteiger partial charge in [0.15, 0.2) is 6.10 Å². The Morgan fingerprint density at radius 3 is 2.23 bits per heavy atom. The maximum atomic E-state index is 12.8. The maximum Gasteiger partial charge on any atom is 0.357 e. The van der Waals surface area contributed by atoms with Gasteiger partial charge in [0.1, 0.15) is 24.4 Å². The van der Waals surface area contributed by atoms with Crippen LogP contribution in [0.4, 0.5) is 0 Å². The molecule has 12 nitrogen and oxygen atoms in total. The Balaban J connectivity index is 1.41. The van der Waals surface area contributed by atoms with Crippen LogP contribution in [0.3, 0.4) is 0 Å². The zero-order chi connectivity index (χ0) is 34.2. The summed E-state index contributed by atoms with van der Waals surface area (Å²) in [6, 6.07) is 5.74. The molecule has 0 amide bonds. The number of nitrogens with two attached hydrogens (primary N) is 1. The van der Waals surface area contributed by atoms with Gasteiger partial charge in [0.25, 0.3) is 0 Å². The Morgan fingerprint density at radius 2 is 1.57 bits per heavy atom. The molecule has 1 fully saturated rings. The van der Waals surface area contributed by atoms with Crippen LogP contribution in [0.1, 0.15) is 102 Å². The lowest BCUT2D eigenvalue weighted by Gasteiger charge is -2.43. The molecule has 1 aromatic heterocycles. The zero-order valence-electron chi connectivity index (χ0n) is 27.5. The molecule has 0 aliphatic carbocycles. The van der Waals surface area contributed by atoms with Crippen molar-refractivity contribution in [3.05, 3.63) is 48.2 Å². The monoisotopic (exact) mass is 662 g/mol. The largest absolute Gasteiger partial charge is 0.404 e. The third kappa shape index (κ3) is 11.7. The topological polar surface area (TPSA) is 194 Å². The number of ether oxygens (including phenoxy) is 2. The molecule has 3 rings (SSSR count). The number of rotatable bonds is 21. The van der Waals surface area contributed by atoms with E-state index in [0.717, 1.165) is 38.5 Å². The van der Waals surface area contributed by atoms with E-state index in [1.807, 2.05) is 0 Å². The van der Waals surface area contributed by atoms with Gasteiger partial charge >= 0.3 is 17.9 Å². The van der Waals surface area contributed by atoms with Crippen LogP contribution in [0.2, 0.25) is 0 Å². The van der Waals surface area contributed by atoms with Crippen LogP contribution in [0, 0.1) is 0 Å². The van der Waals surface area contributed by atoms with Crippen LogP contribution >= 0.6 is 0 Å². The van der Waals surface area contributed by atoms with Gasteiger partial charge in [0, 0.05) is 24.4 Å². The van der Waals surface area contributed by atoms with Crippen molar-refractivity contribution in [1.82, 2.24) is 4.73 Å². The summed E-state index contributed by atoms with van der Waals surface area (Å²) in [5.74, 6) is -4.61. The molecule has 1 aromatic carbocycles. The lowest BCUT2D eigenvalue weighted by Crippen LogP contribution is -2.67. The fraction of sp³-hybridized carbons (Fsp3) is 0.657. The Kier molecular flexibility index (Phi) is 16.3. The number of carbonyl (C=O) groups excluding carboxylic acids is 2. The van der Waals surface area contributed by atoms with Crippen molar-refractivity contribution in [3.63, 3.8) is 0 Å². The molecule has 2 unspecified atom stereocenters. The third-order valence-corrected chi connectivity index (χ3v) is 8.52. The van der Waals surface area contributed by atoms with Crippen LogP contribution in [-0.4, -0.2) is 85.2 Å². The molecule has 0 saturated carbocycles. The Bertz CT molecular complexity index is 1260. The highest BCUT2D eigenvalue weighted by atomic mass is 16.8. The molecule has 0 bridgehead atoms. The molecule has 1 aliphatic heterocycles. The van der Waals surface area contributed by atoms with E-state index in [0.29, 0.717) is 16.5 Å². The van der Waals surface area contributed by atoms with Crippen LogP contribution in [-0.2, 0) is 25.5 Å². The number of nitrogens with zero attached hydrogens (tertiary/aromatic N) is 1. The number of hydrogen-bond acceptors (Lipinski definition) is 11. The number of unbranched alkanes of at least 4 members (excludes halogenated alkanes) is 11. The number of benzene rings is 1. The SMILES string of the molecule is CCCCCCCC/C=C\CCCCCCCC(=O)On1cc(CC(N)C(=O)OC2(O)O[C@H](CO)[C@@H](O)[C@H](O)[C@H]2O)c2ccccc21. The van der Waals surface area contributed by atoms with Crippen molar-refractivity contribution in [2.45, 2.75) is 140 Å². The number of allylic oxidation sites excluding steroid dienone is 2. The lowest BCUT2D eigenvalue weighted by molar-refractivity contribution is -0.434. The first kappa shape index (κ1) is 38.6. The molecule has 47 heavy (non-hydrogen) atoms. The molecule has 2 heterocycles. The van der Waals surface area contributed by atoms with Gasteiger partial charge in [-0.15, -0.1) is 0 Å². The van der Waals surface area contributed by atoms with E-state index in [9.17, 15) is 35.1 Å². The number of aliphatic hydroxyl groups is 5. The van der Waals surface area contributed by atoms with Gasteiger partial charge in [-0.25, -0.2) is 4.79 Å². The standard InChI is InChI=1S/C35H54N2O10/c1-2-3-4-5-6-7-8-9-10-11-12-13-14-15-16-21-30(39)47-37-23-25(26-19-17-18-20-28(26)37)22-27(36)34(43)46-35(44)33(42)32(41)31(40)29(24-38)45-35/h9-10,17-20,23,27,29,31-33,38,40-42,44H,2-8,11-16,21-22,24,36H2,1H3/b10-9-/t27?,29-,31-,32+,33-,35?/m1/s1. The number of para-hydroxylation sites is 1. The minimum atomic E-state index is -3.05. The van der Waals surface area contributed by atoms with Crippen LogP contribution < -0.4 is 10.6 Å². The minimum Gasteiger partial charge on any atom is -0.404 e. The van der Waals surface area contributed by atoms with E-state index in [1.165, 1.54) is 49.7 Å². The van der Waals surface area contributed by atoms with Gasteiger partial charge in [0.2, 0.25) is 0 Å². The maximum absolute atomic E-state index is 12.8. The van der Waals surface area contributed by atoms with Crippen molar-refractivity contribution in [3.8, 4) is 0 Å². The first-order valence-corrected chi connectivity index (χ1v) is 17.1. The van der Waals surface area contributed by atoms with Gasteiger partial charge in [-0.1, -0.05) is 88.6 Å². The van der Waals surface area contributed by atoms with E-state index < -0.39 is 49.0 Å². The van der Waals surface area contributed by atoms with Gasteiger partial charge in [0.05, 0.1) is 12.1 Å². The van der Waals surface area contributed by atoms with Crippen molar-refractivity contribution in [1.29, 1.82) is 0 Å². The summed E-state index contributed by atoms with van der Waals surface area (Å²) < 4.78 is 11.2. The van der Waals surface area contributed by atoms with Crippen molar-refractivity contribution in [2.75, 3.05) is 6.61 Å². The average Bonchev–Trinajstić information content (AvgIpc) is 3.39. The summed E-state index contributed by atoms with van der Waals surface area (Å²) in [6.07, 6.45) is 14.0. The summed E-state index contributed by atoms with van der Waals surface area (Å²) in [5, 5.41) is 50.7. The Labute approximate surface area is 277 Å². The Hall–Kier alpha value is -2.84. The van der Waals surface area contributed by atoms with E-state index in [4.69, 9.17) is 20.0 Å². The summed E-state index contributed by atoms with van der Waals surface area (Å²) in [5.41, 5.74) is 7.21. The highest BCUT2D eigenvalue weighted by molar-refractivity contribution is 5.85. The van der Waals surface area contributed by atoms with E-state index in [-0.39, 0.29) is 18.8 Å². The molecule has 7 N–H and O–H groups in total. The highest BCUT2D eigenvalue weighted by Gasteiger charge is 2.56. The van der Waals surface area contributed by atoms with Crippen molar-refractivity contribution in [2.24, 2.45) is 5.73 Å². The smallest absolute Gasteiger partial charge is 0.357 e. The number of fused-ring (bicyclic) bond motifs is 1. The summed E-state index contributed by atoms with van der Waals surface area (Å²) in [4.78, 5) is 31.0. The molecule has 6 atom stereocenters. The number of aromatic nitrogens is 1. The molecule has 2 aromatic rings. The minimum absolute atomic E-state index is 0.0983. The summed E-state index contributed by atoms with van der Waals surface area (Å²) in [7, 11) is 0. The van der Waals surface area contributed by atoms with E-state index in [2.05, 4.69) is 19.1 Å². The predicted molar refractivity (Wildman–Crippen MR) is 176 cm³/mol. The van der Waals surface area contributed by atoms with Crippen molar-refractivity contribution >= 4 is 22.8 Å². The number of carbonyl (C=O) groups is 2. The first-order valence-electron chi connectivity index (χ1n) is 17.1. The van der Waals surface area contributed by atoms with Gasteiger partial charge in [-0.2, -0.15) is 4.73 Å². The summed E-state index contributed by atoms with van der Waals surface area (Å²) in [6.45, 7) is 1.41. The second-order valence-electron chi connectivity index (χ2n) is 12.4. The van der Waals surface area contributed by atoms with Crippen molar-refractivity contribution < 1.29 is 49.4 Å².